The maximum Gasteiger partial charge on any atom is 0.416 e. The molecule has 1 aliphatic heterocycles. The van der Waals surface area contributed by atoms with Gasteiger partial charge in [0.2, 0.25) is 0 Å². The zero-order valence-electron chi connectivity index (χ0n) is 12.3. The summed E-state index contributed by atoms with van der Waals surface area (Å²) in [5, 5.41) is 9.38. The van der Waals surface area contributed by atoms with E-state index in [0.29, 0.717) is 0 Å². The lowest BCUT2D eigenvalue weighted by atomic mass is 9.96. The Labute approximate surface area is 127 Å². The predicted octanol–water partition coefficient (Wildman–Crippen LogP) is 2.12. The van der Waals surface area contributed by atoms with Crippen LogP contribution >= 0.6 is 0 Å². The third-order valence-corrected chi connectivity index (χ3v) is 3.95. The molecule has 1 atom stereocenters. The van der Waals surface area contributed by atoms with E-state index in [1.807, 2.05) is 11.9 Å². The van der Waals surface area contributed by atoms with Crippen LogP contribution < -0.4 is 0 Å². The lowest BCUT2D eigenvalue weighted by Gasteiger charge is -2.33. The minimum absolute atomic E-state index is 0.196. The summed E-state index contributed by atoms with van der Waals surface area (Å²) in [4.78, 5) is 15.6. The molecule has 1 unspecified atom stereocenters. The van der Waals surface area contributed by atoms with Gasteiger partial charge in [0.25, 0.3) is 0 Å². The Morgan fingerprint density at radius 1 is 1.27 bits per heavy atom. The van der Waals surface area contributed by atoms with E-state index >= 15 is 0 Å². The first kappa shape index (κ1) is 16.8. The van der Waals surface area contributed by atoms with Gasteiger partial charge in [0.1, 0.15) is 0 Å². The molecule has 1 aromatic rings. The van der Waals surface area contributed by atoms with Crippen molar-refractivity contribution in [2.45, 2.75) is 12.1 Å². The van der Waals surface area contributed by atoms with Crippen molar-refractivity contribution < 1.29 is 23.1 Å². The number of likely N-dealkylation sites (N-methyl/N-ethyl adjacent to an activating group) is 1. The summed E-state index contributed by atoms with van der Waals surface area (Å²) in [5.74, 6) is -2.05. The molecule has 0 spiro atoms. The average molecular weight is 316 g/mol. The van der Waals surface area contributed by atoms with Gasteiger partial charge in [-0.05, 0) is 18.7 Å². The third-order valence-electron chi connectivity index (χ3n) is 3.95. The Kier molecular flexibility index (Phi) is 5.08. The SMILES string of the molecule is CN1CCN(CC(C(=O)O)c2cccc(C(F)(F)F)c2)CC1. The average Bonchev–Trinajstić information content (AvgIpc) is 2.45. The Morgan fingerprint density at radius 2 is 1.91 bits per heavy atom. The van der Waals surface area contributed by atoms with Crippen molar-refractivity contribution >= 4 is 5.97 Å². The summed E-state index contributed by atoms with van der Waals surface area (Å²) < 4.78 is 38.3. The van der Waals surface area contributed by atoms with E-state index < -0.39 is 23.6 Å². The Morgan fingerprint density at radius 3 is 2.45 bits per heavy atom. The van der Waals surface area contributed by atoms with Crippen LogP contribution in [0.1, 0.15) is 17.0 Å². The summed E-state index contributed by atoms with van der Waals surface area (Å²) in [6.45, 7) is 3.33. The van der Waals surface area contributed by atoms with Gasteiger partial charge in [-0.15, -0.1) is 0 Å². The van der Waals surface area contributed by atoms with Crippen LogP contribution in [0.15, 0.2) is 24.3 Å². The predicted molar refractivity (Wildman–Crippen MR) is 75.8 cm³/mol. The molecule has 0 aromatic heterocycles. The summed E-state index contributed by atoms with van der Waals surface area (Å²) in [7, 11) is 1.98. The molecule has 0 bridgehead atoms. The highest BCUT2D eigenvalue weighted by Gasteiger charge is 2.32. The normalized spacial score (nSPS) is 19.1. The first-order chi connectivity index (χ1) is 10.3. The maximum atomic E-state index is 12.8. The van der Waals surface area contributed by atoms with Crippen molar-refractivity contribution in [2.24, 2.45) is 0 Å². The van der Waals surface area contributed by atoms with Gasteiger partial charge in [0.05, 0.1) is 11.5 Å². The number of carbonyl (C=O) groups is 1. The molecule has 4 nitrogen and oxygen atoms in total. The minimum Gasteiger partial charge on any atom is -0.481 e. The Hall–Kier alpha value is -1.60. The molecule has 2 rings (SSSR count). The fourth-order valence-corrected chi connectivity index (χ4v) is 2.55. The van der Waals surface area contributed by atoms with E-state index in [2.05, 4.69) is 4.90 Å². The molecule has 1 N–H and O–H groups in total. The third kappa shape index (κ3) is 4.20. The number of rotatable bonds is 4. The van der Waals surface area contributed by atoms with Gasteiger partial charge in [0.15, 0.2) is 0 Å². The van der Waals surface area contributed by atoms with Gasteiger partial charge in [-0.25, -0.2) is 0 Å². The van der Waals surface area contributed by atoms with Gasteiger partial charge in [-0.1, -0.05) is 18.2 Å². The number of hydrogen-bond donors (Lipinski definition) is 1. The van der Waals surface area contributed by atoms with Crippen LogP contribution in [-0.2, 0) is 11.0 Å². The zero-order chi connectivity index (χ0) is 16.3. The van der Waals surface area contributed by atoms with Gasteiger partial charge >= 0.3 is 12.1 Å². The lowest BCUT2D eigenvalue weighted by Crippen LogP contribution is -2.46. The van der Waals surface area contributed by atoms with Crippen LogP contribution in [0, 0.1) is 0 Å². The molecule has 1 saturated heterocycles. The number of alkyl halides is 3. The maximum absolute atomic E-state index is 12.8. The molecule has 0 saturated carbocycles. The topological polar surface area (TPSA) is 43.8 Å². The smallest absolute Gasteiger partial charge is 0.416 e. The van der Waals surface area contributed by atoms with E-state index in [9.17, 15) is 23.1 Å². The van der Waals surface area contributed by atoms with Crippen LogP contribution in [0.5, 0.6) is 0 Å². The highest BCUT2D eigenvalue weighted by Crippen LogP contribution is 2.31. The van der Waals surface area contributed by atoms with E-state index in [1.165, 1.54) is 12.1 Å². The molecule has 1 heterocycles. The van der Waals surface area contributed by atoms with E-state index in [0.717, 1.165) is 38.3 Å². The first-order valence-electron chi connectivity index (χ1n) is 7.08. The molecule has 22 heavy (non-hydrogen) atoms. The molecule has 0 radical (unpaired) electrons. The second-order valence-electron chi connectivity index (χ2n) is 5.62. The summed E-state index contributed by atoms with van der Waals surface area (Å²) in [6, 6.07) is 4.61. The molecule has 0 aliphatic carbocycles. The number of hydrogen-bond acceptors (Lipinski definition) is 3. The number of piperazine rings is 1. The van der Waals surface area contributed by atoms with E-state index in [-0.39, 0.29) is 12.1 Å². The number of aliphatic carboxylic acids is 1. The fourth-order valence-electron chi connectivity index (χ4n) is 2.55. The molecule has 1 aromatic carbocycles. The minimum atomic E-state index is -4.47. The summed E-state index contributed by atoms with van der Waals surface area (Å²) in [6.07, 6.45) is -4.47. The Balaban J connectivity index is 2.16. The van der Waals surface area contributed by atoms with E-state index in [1.54, 1.807) is 0 Å². The quantitative estimate of drug-likeness (QED) is 0.924. The molecule has 0 amide bonds. The van der Waals surface area contributed by atoms with Crippen molar-refractivity contribution in [3.63, 3.8) is 0 Å². The standard InChI is InChI=1S/C15H19F3N2O2/c1-19-5-7-20(8-6-19)10-13(14(21)22)11-3-2-4-12(9-11)15(16,17)18/h2-4,9,13H,5-8,10H2,1H3,(H,21,22). The van der Waals surface area contributed by atoms with Crippen molar-refractivity contribution in [3.8, 4) is 0 Å². The summed E-state index contributed by atoms with van der Waals surface area (Å²) in [5.41, 5.74) is -0.615. The highest BCUT2D eigenvalue weighted by molar-refractivity contribution is 5.76. The Bertz CT molecular complexity index is 526. The second kappa shape index (κ2) is 6.66. The first-order valence-corrected chi connectivity index (χ1v) is 7.08. The largest absolute Gasteiger partial charge is 0.481 e. The van der Waals surface area contributed by atoms with Crippen LogP contribution in [0.2, 0.25) is 0 Å². The van der Waals surface area contributed by atoms with Crippen LogP contribution in [0.4, 0.5) is 13.2 Å². The van der Waals surface area contributed by atoms with Crippen LogP contribution in [0.25, 0.3) is 0 Å². The fraction of sp³-hybridized carbons (Fsp3) is 0.533. The number of carboxylic acids is 1. The molecule has 7 heteroatoms. The van der Waals surface area contributed by atoms with Crippen molar-refractivity contribution in [1.29, 1.82) is 0 Å². The molecule has 1 fully saturated rings. The lowest BCUT2D eigenvalue weighted by molar-refractivity contribution is -0.140. The highest BCUT2D eigenvalue weighted by atomic mass is 19.4. The molecular formula is C15H19F3N2O2. The van der Waals surface area contributed by atoms with Crippen LogP contribution in [-0.4, -0.2) is 60.6 Å². The van der Waals surface area contributed by atoms with Crippen molar-refractivity contribution in [2.75, 3.05) is 39.8 Å². The zero-order valence-corrected chi connectivity index (χ0v) is 12.3. The molecule has 1 aliphatic rings. The van der Waals surface area contributed by atoms with Gasteiger partial charge < -0.3 is 10.0 Å². The van der Waals surface area contributed by atoms with Crippen LogP contribution in [0.3, 0.4) is 0 Å². The van der Waals surface area contributed by atoms with Gasteiger partial charge in [-0.2, -0.15) is 13.2 Å². The van der Waals surface area contributed by atoms with Crippen molar-refractivity contribution in [3.05, 3.63) is 35.4 Å². The summed E-state index contributed by atoms with van der Waals surface area (Å²) >= 11 is 0. The molecule has 122 valence electrons. The molecular weight excluding hydrogens is 297 g/mol. The van der Waals surface area contributed by atoms with Gasteiger partial charge in [0, 0.05) is 32.7 Å². The van der Waals surface area contributed by atoms with Gasteiger partial charge in [-0.3, -0.25) is 9.69 Å². The van der Waals surface area contributed by atoms with Crippen molar-refractivity contribution in [1.82, 2.24) is 9.80 Å². The number of carboxylic acid groups (broad SMARTS) is 1. The number of halogens is 3. The monoisotopic (exact) mass is 316 g/mol. The number of nitrogens with zero attached hydrogens (tertiary/aromatic N) is 2. The second-order valence-corrected chi connectivity index (χ2v) is 5.62. The van der Waals surface area contributed by atoms with E-state index in [4.69, 9.17) is 0 Å². The number of benzene rings is 1.